The van der Waals surface area contributed by atoms with Gasteiger partial charge >= 0.3 is 5.69 Å². The summed E-state index contributed by atoms with van der Waals surface area (Å²) in [5.74, 6) is 0.688. The van der Waals surface area contributed by atoms with Gasteiger partial charge in [0.25, 0.3) is 0 Å². The molecule has 0 saturated carbocycles. The molecule has 0 saturated heterocycles. The van der Waals surface area contributed by atoms with Gasteiger partial charge in [0.1, 0.15) is 0 Å². The Bertz CT molecular complexity index is 449. The number of aliphatic hydroxyl groups excluding tert-OH is 1. The van der Waals surface area contributed by atoms with E-state index in [2.05, 4.69) is 19.2 Å². The standard InChI is InChI=1S/C14H22N2O4/c1-4-20-14-8-11(5-6-13(14)16(18)19)15-12(9-17)7-10(2)3/h5-6,8,10,12,15,17H,4,7,9H2,1-3H3. The van der Waals surface area contributed by atoms with Crippen molar-refractivity contribution in [3.8, 4) is 5.75 Å². The van der Waals surface area contributed by atoms with Crippen LogP contribution in [0.2, 0.25) is 0 Å². The van der Waals surface area contributed by atoms with Crippen LogP contribution in [0.3, 0.4) is 0 Å². The summed E-state index contributed by atoms with van der Waals surface area (Å²) in [6.07, 6.45) is 0.817. The molecule has 6 heteroatoms. The SMILES string of the molecule is CCOc1cc(NC(CO)CC(C)C)ccc1[N+](=O)[O-]. The molecule has 0 aliphatic heterocycles. The van der Waals surface area contributed by atoms with Crippen molar-refractivity contribution >= 4 is 11.4 Å². The van der Waals surface area contributed by atoms with Crippen LogP contribution in [0.1, 0.15) is 27.2 Å². The molecule has 0 aliphatic carbocycles. The number of ether oxygens (including phenoxy) is 1. The van der Waals surface area contributed by atoms with Crippen LogP contribution in [0.15, 0.2) is 18.2 Å². The van der Waals surface area contributed by atoms with E-state index in [-0.39, 0.29) is 24.1 Å². The summed E-state index contributed by atoms with van der Waals surface area (Å²) in [6, 6.07) is 4.57. The van der Waals surface area contributed by atoms with Crippen LogP contribution in [-0.4, -0.2) is 29.3 Å². The zero-order chi connectivity index (χ0) is 15.1. The Morgan fingerprint density at radius 2 is 2.15 bits per heavy atom. The van der Waals surface area contributed by atoms with Gasteiger partial charge in [-0.15, -0.1) is 0 Å². The Balaban J connectivity index is 2.90. The van der Waals surface area contributed by atoms with Crippen LogP contribution in [-0.2, 0) is 0 Å². The molecule has 1 rings (SSSR count). The number of hydrogen-bond donors (Lipinski definition) is 2. The minimum absolute atomic E-state index is 0.0130. The third kappa shape index (κ3) is 4.70. The van der Waals surface area contributed by atoms with Crippen molar-refractivity contribution in [2.45, 2.75) is 33.2 Å². The number of nitro groups is 1. The molecular formula is C14H22N2O4. The molecule has 0 spiro atoms. The minimum atomic E-state index is -0.466. The van der Waals surface area contributed by atoms with Crippen molar-refractivity contribution in [1.82, 2.24) is 0 Å². The van der Waals surface area contributed by atoms with Crippen LogP contribution >= 0.6 is 0 Å². The monoisotopic (exact) mass is 282 g/mol. The van der Waals surface area contributed by atoms with Gasteiger partial charge in [-0.3, -0.25) is 10.1 Å². The smallest absolute Gasteiger partial charge is 0.311 e. The van der Waals surface area contributed by atoms with Gasteiger partial charge in [-0.2, -0.15) is 0 Å². The average Bonchev–Trinajstić information content (AvgIpc) is 2.37. The van der Waals surface area contributed by atoms with E-state index in [0.717, 1.165) is 6.42 Å². The fourth-order valence-electron chi connectivity index (χ4n) is 2.01. The van der Waals surface area contributed by atoms with E-state index in [9.17, 15) is 15.2 Å². The molecule has 1 aromatic carbocycles. The molecule has 0 aliphatic rings. The van der Waals surface area contributed by atoms with E-state index < -0.39 is 4.92 Å². The highest BCUT2D eigenvalue weighted by molar-refractivity contribution is 5.58. The predicted octanol–water partition coefficient (Wildman–Crippen LogP) is 2.81. The fraction of sp³-hybridized carbons (Fsp3) is 0.571. The molecule has 0 radical (unpaired) electrons. The normalized spacial score (nSPS) is 12.2. The maximum absolute atomic E-state index is 10.9. The molecule has 6 nitrogen and oxygen atoms in total. The molecule has 2 N–H and O–H groups in total. The first-order valence-corrected chi connectivity index (χ1v) is 6.76. The Morgan fingerprint density at radius 1 is 1.45 bits per heavy atom. The first kappa shape index (κ1) is 16.2. The lowest BCUT2D eigenvalue weighted by molar-refractivity contribution is -0.385. The zero-order valence-corrected chi connectivity index (χ0v) is 12.1. The quantitative estimate of drug-likeness (QED) is 0.565. The summed E-state index contributed by atoms with van der Waals surface area (Å²) in [6.45, 7) is 6.30. The van der Waals surface area contributed by atoms with Gasteiger partial charge < -0.3 is 15.2 Å². The second-order valence-electron chi connectivity index (χ2n) is 5.03. The highest BCUT2D eigenvalue weighted by atomic mass is 16.6. The maximum atomic E-state index is 10.9. The number of hydrogen-bond acceptors (Lipinski definition) is 5. The Morgan fingerprint density at radius 3 is 2.65 bits per heavy atom. The van der Waals surface area contributed by atoms with Gasteiger partial charge in [-0.25, -0.2) is 0 Å². The van der Waals surface area contributed by atoms with Crippen LogP contribution in [0.5, 0.6) is 5.75 Å². The lowest BCUT2D eigenvalue weighted by Gasteiger charge is -2.19. The Hall–Kier alpha value is -1.82. The maximum Gasteiger partial charge on any atom is 0.311 e. The second kappa shape index (κ2) is 7.69. The third-order valence-corrected chi connectivity index (χ3v) is 2.80. The van der Waals surface area contributed by atoms with Crippen LogP contribution in [0, 0.1) is 16.0 Å². The van der Waals surface area contributed by atoms with Gasteiger partial charge in [-0.1, -0.05) is 13.8 Å². The highest BCUT2D eigenvalue weighted by Crippen LogP contribution is 2.30. The number of nitrogens with one attached hydrogen (secondary N) is 1. The number of anilines is 1. The molecule has 1 unspecified atom stereocenters. The molecular weight excluding hydrogens is 260 g/mol. The van der Waals surface area contributed by atoms with Crippen molar-refractivity contribution in [1.29, 1.82) is 0 Å². The molecule has 0 heterocycles. The molecule has 0 amide bonds. The van der Waals surface area contributed by atoms with E-state index in [0.29, 0.717) is 18.2 Å². The number of benzene rings is 1. The van der Waals surface area contributed by atoms with Gasteiger partial charge in [0.05, 0.1) is 18.1 Å². The minimum Gasteiger partial charge on any atom is -0.487 e. The van der Waals surface area contributed by atoms with Crippen LogP contribution in [0.4, 0.5) is 11.4 Å². The van der Waals surface area contributed by atoms with Crippen LogP contribution < -0.4 is 10.1 Å². The third-order valence-electron chi connectivity index (χ3n) is 2.80. The molecule has 0 bridgehead atoms. The molecule has 0 aromatic heterocycles. The number of aliphatic hydroxyl groups is 1. The summed E-state index contributed by atoms with van der Waals surface area (Å²) < 4.78 is 5.29. The second-order valence-corrected chi connectivity index (χ2v) is 5.03. The number of nitro benzene ring substituents is 1. The molecule has 112 valence electrons. The number of rotatable bonds is 8. The van der Waals surface area contributed by atoms with E-state index in [1.807, 2.05) is 0 Å². The highest BCUT2D eigenvalue weighted by Gasteiger charge is 2.17. The van der Waals surface area contributed by atoms with Gasteiger partial charge in [0, 0.05) is 23.9 Å². The zero-order valence-electron chi connectivity index (χ0n) is 12.1. The van der Waals surface area contributed by atoms with Gasteiger partial charge in [0.15, 0.2) is 5.75 Å². The summed E-state index contributed by atoms with van der Waals surface area (Å²) in [4.78, 5) is 10.4. The fourth-order valence-corrected chi connectivity index (χ4v) is 2.01. The van der Waals surface area contributed by atoms with E-state index in [4.69, 9.17) is 4.74 Å². The summed E-state index contributed by atoms with van der Waals surface area (Å²) >= 11 is 0. The molecule has 20 heavy (non-hydrogen) atoms. The molecule has 0 fully saturated rings. The largest absolute Gasteiger partial charge is 0.487 e. The van der Waals surface area contributed by atoms with Crippen molar-refractivity contribution in [3.63, 3.8) is 0 Å². The van der Waals surface area contributed by atoms with Crippen molar-refractivity contribution in [2.75, 3.05) is 18.5 Å². The lowest BCUT2D eigenvalue weighted by atomic mass is 10.0. The lowest BCUT2D eigenvalue weighted by Crippen LogP contribution is -2.25. The Kier molecular flexibility index (Phi) is 6.24. The van der Waals surface area contributed by atoms with Gasteiger partial charge in [-0.05, 0) is 25.3 Å². The average molecular weight is 282 g/mol. The molecule has 1 atom stereocenters. The summed E-state index contributed by atoms with van der Waals surface area (Å²) in [5, 5.41) is 23.4. The summed E-state index contributed by atoms with van der Waals surface area (Å²) in [7, 11) is 0. The van der Waals surface area contributed by atoms with E-state index >= 15 is 0 Å². The topological polar surface area (TPSA) is 84.6 Å². The van der Waals surface area contributed by atoms with Crippen LogP contribution in [0.25, 0.3) is 0 Å². The summed E-state index contributed by atoms with van der Waals surface area (Å²) in [5.41, 5.74) is 0.653. The van der Waals surface area contributed by atoms with E-state index in [1.54, 1.807) is 19.1 Å². The van der Waals surface area contributed by atoms with Crippen molar-refractivity contribution < 1.29 is 14.8 Å². The van der Waals surface area contributed by atoms with Crippen molar-refractivity contribution in [3.05, 3.63) is 28.3 Å². The molecule has 1 aromatic rings. The number of nitrogens with zero attached hydrogens (tertiary/aromatic N) is 1. The Labute approximate surface area is 118 Å². The predicted molar refractivity (Wildman–Crippen MR) is 78.2 cm³/mol. The van der Waals surface area contributed by atoms with Gasteiger partial charge in [0.2, 0.25) is 0 Å². The first-order chi connectivity index (χ1) is 9.47. The van der Waals surface area contributed by atoms with E-state index in [1.165, 1.54) is 6.07 Å². The van der Waals surface area contributed by atoms with Crippen molar-refractivity contribution in [2.24, 2.45) is 5.92 Å². The first-order valence-electron chi connectivity index (χ1n) is 6.76.